The van der Waals surface area contributed by atoms with Crippen molar-refractivity contribution in [2.24, 2.45) is 0 Å². The summed E-state index contributed by atoms with van der Waals surface area (Å²) in [4.78, 5) is 14.9. The summed E-state index contributed by atoms with van der Waals surface area (Å²) >= 11 is 1.88. The summed E-state index contributed by atoms with van der Waals surface area (Å²) < 4.78 is 10.9. The van der Waals surface area contributed by atoms with Gasteiger partial charge in [0.2, 0.25) is 0 Å². The smallest absolute Gasteiger partial charge is 0.287 e. The van der Waals surface area contributed by atoms with Crippen molar-refractivity contribution >= 4 is 17.7 Å². The maximum Gasteiger partial charge on any atom is 0.287 e. The molecule has 2 heterocycles. The summed E-state index contributed by atoms with van der Waals surface area (Å²) in [6.45, 7) is 3.22. The van der Waals surface area contributed by atoms with Gasteiger partial charge in [0.1, 0.15) is 11.5 Å². The minimum atomic E-state index is -0.132. The Morgan fingerprint density at radius 1 is 1.23 bits per heavy atom. The normalized spacial score (nSPS) is 15.8. The summed E-state index contributed by atoms with van der Waals surface area (Å²) in [6.07, 6.45) is 4.12. The first-order valence-electron chi connectivity index (χ1n) is 8.96. The molecule has 2 aromatic rings. The minimum absolute atomic E-state index is 0.132. The Morgan fingerprint density at radius 3 is 2.62 bits per heavy atom. The van der Waals surface area contributed by atoms with E-state index < -0.39 is 0 Å². The van der Waals surface area contributed by atoms with Crippen molar-refractivity contribution in [1.29, 1.82) is 0 Å². The number of carbonyl (C=O) groups is 1. The molecule has 1 amide bonds. The Labute approximate surface area is 159 Å². The SMILES string of the molecule is COc1ccc(-c2ccc(C(=O)NC3CCN(CCSC)CC3)o2)cc1. The summed E-state index contributed by atoms with van der Waals surface area (Å²) in [6, 6.07) is 11.4. The molecule has 0 saturated carbocycles. The minimum Gasteiger partial charge on any atom is -0.497 e. The van der Waals surface area contributed by atoms with Gasteiger partial charge in [-0.15, -0.1) is 0 Å². The molecule has 1 aliphatic heterocycles. The number of hydrogen-bond donors (Lipinski definition) is 1. The summed E-state index contributed by atoms with van der Waals surface area (Å²) in [5.74, 6) is 2.87. The first-order valence-corrected chi connectivity index (χ1v) is 10.4. The second kappa shape index (κ2) is 9.14. The Bertz CT molecular complexity index is 706. The number of furan rings is 1. The van der Waals surface area contributed by atoms with Crippen molar-refractivity contribution in [3.8, 4) is 17.1 Å². The second-order valence-corrected chi connectivity index (χ2v) is 7.46. The third-order valence-electron chi connectivity index (χ3n) is 4.74. The van der Waals surface area contributed by atoms with E-state index in [0.717, 1.165) is 49.5 Å². The Kier molecular flexibility index (Phi) is 6.63. The lowest BCUT2D eigenvalue weighted by molar-refractivity contribution is 0.0886. The first-order chi connectivity index (χ1) is 12.7. The number of rotatable bonds is 7. The third kappa shape index (κ3) is 4.83. The van der Waals surface area contributed by atoms with Gasteiger partial charge in [-0.2, -0.15) is 11.8 Å². The van der Waals surface area contributed by atoms with Crippen LogP contribution in [0.3, 0.4) is 0 Å². The fraction of sp³-hybridized carbons (Fsp3) is 0.450. The number of nitrogens with zero attached hydrogens (tertiary/aromatic N) is 1. The first kappa shape index (κ1) is 18.9. The molecular weight excluding hydrogens is 348 g/mol. The number of amides is 1. The molecule has 1 N–H and O–H groups in total. The number of thioether (sulfide) groups is 1. The highest BCUT2D eigenvalue weighted by Gasteiger charge is 2.22. The molecule has 0 bridgehead atoms. The Hall–Kier alpha value is -1.92. The molecule has 5 nitrogen and oxygen atoms in total. The fourth-order valence-electron chi connectivity index (χ4n) is 3.15. The average Bonchev–Trinajstić information content (AvgIpc) is 3.18. The lowest BCUT2D eigenvalue weighted by atomic mass is 10.1. The van der Waals surface area contributed by atoms with Gasteiger partial charge in [0.15, 0.2) is 5.76 Å². The van der Waals surface area contributed by atoms with Gasteiger partial charge in [-0.1, -0.05) is 0 Å². The summed E-state index contributed by atoms with van der Waals surface area (Å²) in [5, 5.41) is 3.11. The maximum atomic E-state index is 12.5. The van der Waals surface area contributed by atoms with Crippen LogP contribution in [0.25, 0.3) is 11.3 Å². The zero-order chi connectivity index (χ0) is 18.4. The van der Waals surface area contributed by atoms with Gasteiger partial charge in [-0.3, -0.25) is 4.79 Å². The standard InChI is InChI=1S/C20H26N2O3S/c1-24-17-5-3-15(4-6-17)18-7-8-19(25-18)20(23)21-16-9-11-22(12-10-16)13-14-26-2/h3-8,16H,9-14H2,1-2H3,(H,21,23). The van der Waals surface area contributed by atoms with E-state index in [1.165, 1.54) is 0 Å². The molecule has 140 valence electrons. The van der Waals surface area contributed by atoms with Gasteiger partial charge >= 0.3 is 0 Å². The fourth-order valence-corrected chi connectivity index (χ4v) is 3.59. The zero-order valence-electron chi connectivity index (χ0n) is 15.4. The van der Waals surface area contributed by atoms with Crippen LogP contribution >= 0.6 is 11.8 Å². The van der Waals surface area contributed by atoms with E-state index in [4.69, 9.17) is 9.15 Å². The highest BCUT2D eigenvalue weighted by molar-refractivity contribution is 7.98. The lowest BCUT2D eigenvalue weighted by Gasteiger charge is -2.31. The molecule has 0 atom stereocenters. The molecule has 3 rings (SSSR count). The number of piperidine rings is 1. The number of benzene rings is 1. The largest absolute Gasteiger partial charge is 0.497 e. The lowest BCUT2D eigenvalue weighted by Crippen LogP contribution is -2.45. The van der Waals surface area contributed by atoms with Crippen LogP contribution in [0.1, 0.15) is 23.4 Å². The summed E-state index contributed by atoms with van der Waals surface area (Å²) in [5.41, 5.74) is 0.923. The van der Waals surface area contributed by atoms with E-state index in [9.17, 15) is 4.79 Å². The van der Waals surface area contributed by atoms with Crippen molar-refractivity contribution < 1.29 is 13.9 Å². The van der Waals surface area contributed by atoms with Crippen molar-refractivity contribution in [2.45, 2.75) is 18.9 Å². The van der Waals surface area contributed by atoms with Crippen molar-refractivity contribution in [3.63, 3.8) is 0 Å². The van der Waals surface area contributed by atoms with Crippen molar-refractivity contribution in [3.05, 3.63) is 42.2 Å². The monoisotopic (exact) mass is 374 g/mol. The Balaban J connectivity index is 1.53. The quantitative estimate of drug-likeness (QED) is 0.804. The Morgan fingerprint density at radius 2 is 1.96 bits per heavy atom. The van der Waals surface area contributed by atoms with Gasteiger partial charge in [-0.05, 0) is 55.5 Å². The van der Waals surface area contributed by atoms with E-state index >= 15 is 0 Å². The predicted octanol–water partition coefficient (Wildman–Crippen LogP) is 3.51. The van der Waals surface area contributed by atoms with Crippen LogP contribution in [-0.4, -0.2) is 55.6 Å². The highest BCUT2D eigenvalue weighted by Crippen LogP contribution is 2.24. The zero-order valence-corrected chi connectivity index (χ0v) is 16.2. The van der Waals surface area contributed by atoms with E-state index in [1.807, 2.05) is 42.1 Å². The molecule has 0 aliphatic carbocycles. The molecule has 1 aliphatic rings. The van der Waals surface area contributed by atoms with E-state index in [0.29, 0.717) is 11.5 Å². The van der Waals surface area contributed by atoms with Gasteiger partial charge in [0.05, 0.1) is 7.11 Å². The molecule has 0 unspecified atom stereocenters. The van der Waals surface area contributed by atoms with Gasteiger partial charge in [-0.25, -0.2) is 0 Å². The number of likely N-dealkylation sites (tertiary alicyclic amines) is 1. The van der Waals surface area contributed by atoms with Crippen LogP contribution < -0.4 is 10.1 Å². The van der Waals surface area contributed by atoms with Crippen LogP contribution in [0.2, 0.25) is 0 Å². The van der Waals surface area contributed by atoms with E-state index in [2.05, 4.69) is 16.5 Å². The summed E-state index contributed by atoms with van der Waals surface area (Å²) in [7, 11) is 1.64. The van der Waals surface area contributed by atoms with Gasteiger partial charge in [0, 0.05) is 37.0 Å². The van der Waals surface area contributed by atoms with Crippen LogP contribution in [0.5, 0.6) is 5.75 Å². The maximum absolute atomic E-state index is 12.5. The van der Waals surface area contributed by atoms with Crippen LogP contribution in [0.4, 0.5) is 0 Å². The van der Waals surface area contributed by atoms with Crippen LogP contribution in [0.15, 0.2) is 40.8 Å². The molecule has 0 spiro atoms. The van der Waals surface area contributed by atoms with Crippen molar-refractivity contribution in [1.82, 2.24) is 10.2 Å². The number of nitrogens with one attached hydrogen (secondary N) is 1. The van der Waals surface area contributed by atoms with Gasteiger partial charge < -0.3 is 19.4 Å². The average molecular weight is 375 g/mol. The number of hydrogen-bond acceptors (Lipinski definition) is 5. The molecule has 26 heavy (non-hydrogen) atoms. The van der Waals surface area contributed by atoms with E-state index in [1.54, 1.807) is 13.2 Å². The molecule has 1 fully saturated rings. The molecule has 6 heteroatoms. The molecule has 0 radical (unpaired) electrons. The van der Waals surface area contributed by atoms with Gasteiger partial charge in [0.25, 0.3) is 5.91 Å². The second-order valence-electron chi connectivity index (χ2n) is 6.47. The predicted molar refractivity (Wildman–Crippen MR) is 106 cm³/mol. The topological polar surface area (TPSA) is 54.7 Å². The third-order valence-corrected chi connectivity index (χ3v) is 5.33. The molecule has 1 aromatic heterocycles. The molecule has 1 saturated heterocycles. The highest BCUT2D eigenvalue weighted by atomic mass is 32.2. The number of carbonyl (C=O) groups excluding carboxylic acids is 1. The van der Waals surface area contributed by atoms with Crippen LogP contribution in [-0.2, 0) is 0 Å². The molecule has 1 aromatic carbocycles. The van der Waals surface area contributed by atoms with Crippen LogP contribution in [0, 0.1) is 0 Å². The van der Waals surface area contributed by atoms with E-state index in [-0.39, 0.29) is 11.9 Å². The number of methoxy groups -OCH3 is 1. The molecular formula is C20H26N2O3S. The van der Waals surface area contributed by atoms with Crippen molar-refractivity contribution in [2.75, 3.05) is 38.8 Å². The number of ether oxygens (including phenoxy) is 1.